The van der Waals surface area contributed by atoms with Crippen molar-refractivity contribution in [2.75, 3.05) is 0 Å². The van der Waals surface area contributed by atoms with Gasteiger partial charge in [0.1, 0.15) is 5.75 Å². The largest absolute Gasteiger partial charge is 0.460 e. The van der Waals surface area contributed by atoms with E-state index in [2.05, 4.69) is 11.3 Å². The quantitative estimate of drug-likeness (QED) is 0.429. The average molecular weight is 366 g/mol. The second-order valence-electron chi connectivity index (χ2n) is 4.38. The maximum Gasteiger partial charge on any atom is 0.460 e. The van der Waals surface area contributed by atoms with Gasteiger partial charge in [-0.2, -0.15) is 39.5 Å². The van der Waals surface area contributed by atoms with Crippen LogP contribution >= 0.6 is 0 Å². The Labute approximate surface area is 128 Å². The van der Waals surface area contributed by atoms with Gasteiger partial charge in [0.15, 0.2) is 0 Å². The molecule has 0 N–H and O–H groups in total. The van der Waals surface area contributed by atoms with Crippen molar-refractivity contribution in [2.45, 2.75) is 23.9 Å². The van der Waals surface area contributed by atoms with Crippen molar-refractivity contribution < 1.29 is 49.0 Å². The normalized spacial score (nSPS) is 13.5. The summed E-state index contributed by atoms with van der Waals surface area (Å²) in [5.74, 6) is -24.7. The van der Waals surface area contributed by atoms with Crippen molar-refractivity contribution in [3.8, 4) is 5.75 Å². The first-order chi connectivity index (χ1) is 10.7. The molecule has 1 aromatic rings. The number of rotatable bonds is 5. The summed E-state index contributed by atoms with van der Waals surface area (Å²) in [4.78, 5) is 11.0. The molecule has 0 saturated heterocycles. The zero-order chi connectivity index (χ0) is 19.0. The molecule has 0 radical (unpaired) electrons. The first-order valence-corrected chi connectivity index (χ1v) is 5.83. The van der Waals surface area contributed by atoms with Crippen LogP contribution in [0.25, 0.3) is 6.08 Å². The third-order valence-electron chi connectivity index (χ3n) is 2.73. The highest BCUT2D eigenvalue weighted by Gasteiger charge is 2.84. The van der Waals surface area contributed by atoms with Crippen molar-refractivity contribution in [1.29, 1.82) is 0 Å². The van der Waals surface area contributed by atoms with Gasteiger partial charge in [-0.15, -0.1) is 0 Å². The van der Waals surface area contributed by atoms with Gasteiger partial charge in [-0.25, -0.2) is 4.79 Å². The van der Waals surface area contributed by atoms with Crippen LogP contribution in [0.4, 0.5) is 39.5 Å². The van der Waals surface area contributed by atoms with E-state index in [1.165, 1.54) is 6.08 Å². The van der Waals surface area contributed by atoms with E-state index in [1.54, 1.807) is 0 Å². The van der Waals surface area contributed by atoms with Gasteiger partial charge in [0.25, 0.3) is 0 Å². The van der Waals surface area contributed by atoms with Gasteiger partial charge >= 0.3 is 29.9 Å². The van der Waals surface area contributed by atoms with Crippen LogP contribution in [-0.4, -0.2) is 29.9 Å². The molecular weight excluding hydrogens is 359 g/mol. The van der Waals surface area contributed by atoms with Crippen molar-refractivity contribution in [3.05, 3.63) is 36.4 Å². The van der Waals surface area contributed by atoms with Crippen LogP contribution in [0.2, 0.25) is 0 Å². The van der Waals surface area contributed by atoms with Gasteiger partial charge in [-0.05, 0) is 17.7 Å². The molecular formula is C13H7F9O2. The summed E-state index contributed by atoms with van der Waals surface area (Å²) in [7, 11) is 0. The molecule has 2 nitrogen and oxygen atoms in total. The molecule has 0 amide bonds. The van der Waals surface area contributed by atoms with E-state index in [9.17, 15) is 44.3 Å². The van der Waals surface area contributed by atoms with Crippen LogP contribution in [0.1, 0.15) is 5.56 Å². The van der Waals surface area contributed by atoms with E-state index >= 15 is 0 Å². The maximum absolute atomic E-state index is 13.2. The predicted octanol–water partition coefficient (Wildman–Crippen LogP) is 4.70. The fourth-order valence-corrected chi connectivity index (χ4v) is 1.35. The first-order valence-electron chi connectivity index (χ1n) is 5.83. The second-order valence-corrected chi connectivity index (χ2v) is 4.38. The highest BCUT2D eigenvalue weighted by molar-refractivity contribution is 5.81. The van der Waals surface area contributed by atoms with Crippen molar-refractivity contribution in [1.82, 2.24) is 0 Å². The minimum Gasteiger partial charge on any atom is -0.422 e. The van der Waals surface area contributed by atoms with Gasteiger partial charge in [-0.3, -0.25) is 0 Å². The Bertz CT molecular complexity index is 617. The number of hydrogen-bond donors (Lipinski definition) is 0. The Morgan fingerprint density at radius 1 is 0.875 bits per heavy atom. The average Bonchev–Trinajstić information content (AvgIpc) is 2.46. The molecule has 0 unspecified atom stereocenters. The molecule has 0 bridgehead atoms. The zero-order valence-corrected chi connectivity index (χ0v) is 11.3. The monoisotopic (exact) mass is 366 g/mol. The molecule has 0 spiro atoms. The molecule has 0 aliphatic rings. The summed E-state index contributed by atoms with van der Waals surface area (Å²) in [6.45, 7) is 3.33. The number of halogens is 9. The fourth-order valence-electron chi connectivity index (χ4n) is 1.35. The van der Waals surface area contributed by atoms with Crippen molar-refractivity contribution >= 4 is 12.0 Å². The Balaban J connectivity index is 3.12. The fraction of sp³-hybridized carbons (Fsp3) is 0.308. The Hall–Kier alpha value is -2.20. The molecule has 0 heterocycles. The lowest BCUT2D eigenvalue weighted by molar-refractivity contribution is -0.390. The summed E-state index contributed by atoms with van der Waals surface area (Å²) < 4.78 is 117. The zero-order valence-electron chi connectivity index (χ0n) is 11.3. The van der Waals surface area contributed by atoms with Gasteiger partial charge in [0.2, 0.25) is 0 Å². The summed E-state index contributed by atoms with van der Waals surface area (Å²) in [6.07, 6.45) is -5.73. The van der Waals surface area contributed by atoms with E-state index < -0.39 is 35.7 Å². The van der Waals surface area contributed by atoms with Crippen LogP contribution in [0.15, 0.2) is 30.8 Å². The summed E-state index contributed by atoms with van der Waals surface area (Å²) in [5, 5.41) is 0. The smallest absolute Gasteiger partial charge is 0.422 e. The number of ether oxygens (including phenoxy) is 1. The maximum atomic E-state index is 13.2. The van der Waals surface area contributed by atoms with Gasteiger partial charge in [-0.1, -0.05) is 24.8 Å². The highest BCUT2D eigenvalue weighted by Crippen LogP contribution is 2.53. The number of benzene rings is 1. The molecule has 0 fully saturated rings. The lowest BCUT2D eigenvalue weighted by atomic mass is 10.0. The van der Waals surface area contributed by atoms with Crippen LogP contribution in [0, 0.1) is 0 Å². The van der Waals surface area contributed by atoms with E-state index in [0.717, 1.165) is 24.3 Å². The van der Waals surface area contributed by atoms with Crippen LogP contribution < -0.4 is 4.74 Å². The van der Waals surface area contributed by atoms with Crippen molar-refractivity contribution in [3.63, 3.8) is 0 Å². The summed E-state index contributed by atoms with van der Waals surface area (Å²) in [5.41, 5.74) is 0.399. The second kappa shape index (κ2) is 6.02. The first kappa shape index (κ1) is 19.8. The number of alkyl halides is 9. The molecule has 11 heteroatoms. The van der Waals surface area contributed by atoms with E-state index in [4.69, 9.17) is 0 Å². The minimum atomic E-state index is -7.16. The minimum absolute atomic E-state index is 0.399. The Morgan fingerprint density at radius 3 is 1.71 bits per heavy atom. The number of hydrogen-bond acceptors (Lipinski definition) is 2. The van der Waals surface area contributed by atoms with Gasteiger partial charge in [0, 0.05) is 0 Å². The van der Waals surface area contributed by atoms with E-state index in [-0.39, 0.29) is 0 Å². The predicted molar refractivity (Wildman–Crippen MR) is 63.1 cm³/mol. The van der Waals surface area contributed by atoms with E-state index in [1.807, 2.05) is 0 Å². The number of carbonyl (C=O) groups is 1. The molecule has 0 aliphatic heterocycles. The Morgan fingerprint density at radius 2 is 1.33 bits per heavy atom. The molecule has 0 saturated carbocycles. The molecule has 24 heavy (non-hydrogen) atoms. The highest BCUT2D eigenvalue weighted by atomic mass is 19.4. The molecule has 0 aromatic heterocycles. The number of carbonyl (C=O) groups excluding carboxylic acids is 1. The molecule has 0 atom stereocenters. The molecule has 1 rings (SSSR count). The SMILES string of the molecule is C=Cc1ccc(OC(=O)C(F)(F)C(F)(F)C(F)(F)C(F)(F)F)cc1. The van der Waals surface area contributed by atoms with Crippen LogP contribution in [-0.2, 0) is 4.79 Å². The lowest BCUT2D eigenvalue weighted by Crippen LogP contribution is -2.64. The van der Waals surface area contributed by atoms with Crippen LogP contribution in [0.5, 0.6) is 5.75 Å². The lowest BCUT2D eigenvalue weighted by Gasteiger charge is -2.32. The topological polar surface area (TPSA) is 26.3 Å². The summed E-state index contributed by atoms with van der Waals surface area (Å²) >= 11 is 0. The van der Waals surface area contributed by atoms with E-state index in [0.29, 0.717) is 5.56 Å². The Kier molecular flexibility index (Phi) is 4.98. The third kappa shape index (κ3) is 3.20. The number of esters is 1. The summed E-state index contributed by atoms with van der Waals surface area (Å²) in [6, 6.07) is 3.92. The van der Waals surface area contributed by atoms with Gasteiger partial charge < -0.3 is 4.74 Å². The molecule has 134 valence electrons. The molecule has 0 aliphatic carbocycles. The van der Waals surface area contributed by atoms with Crippen LogP contribution in [0.3, 0.4) is 0 Å². The van der Waals surface area contributed by atoms with Crippen molar-refractivity contribution in [2.24, 2.45) is 0 Å². The standard InChI is InChI=1S/C13H7F9O2/c1-2-7-3-5-8(6-4-7)24-9(23)10(14,15)11(16,17)12(18,19)13(20,21)22/h2-6H,1H2. The van der Waals surface area contributed by atoms with Gasteiger partial charge in [0.05, 0.1) is 0 Å². The third-order valence-corrected chi connectivity index (χ3v) is 2.73. The molecule has 1 aromatic carbocycles.